The van der Waals surface area contributed by atoms with Crippen LogP contribution in [0.15, 0.2) is 42.6 Å². The zero-order valence-corrected chi connectivity index (χ0v) is 15.9. The van der Waals surface area contributed by atoms with Crippen LogP contribution >= 0.6 is 0 Å². The number of pyridine rings is 1. The molecule has 5 nitrogen and oxygen atoms in total. The highest BCUT2D eigenvalue weighted by Crippen LogP contribution is 2.30. The molecule has 0 aliphatic heterocycles. The van der Waals surface area contributed by atoms with Crippen molar-refractivity contribution in [2.75, 3.05) is 25.1 Å². The maximum Gasteiger partial charge on any atom is 0.306 e. The van der Waals surface area contributed by atoms with Crippen LogP contribution in [0.1, 0.15) is 37.3 Å². The first kappa shape index (κ1) is 19.2. The second-order valence-corrected chi connectivity index (χ2v) is 6.89. The lowest BCUT2D eigenvalue weighted by Gasteiger charge is -2.24. The second kappa shape index (κ2) is 9.95. The number of carbonyl (C=O) groups is 1. The molecule has 1 aliphatic rings. The number of ether oxygens (including phenoxy) is 2. The fourth-order valence-corrected chi connectivity index (χ4v) is 3.47. The van der Waals surface area contributed by atoms with Gasteiger partial charge < -0.3 is 14.8 Å². The van der Waals surface area contributed by atoms with E-state index in [0.717, 1.165) is 43.8 Å². The first-order valence-electron chi connectivity index (χ1n) is 9.79. The van der Waals surface area contributed by atoms with Gasteiger partial charge in [0.05, 0.1) is 13.2 Å². The van der Waals surface area contributed by atoms with Crippen LogP contribution in [-0.4, -0.2) is 30.7 Å². The van der Waals surface area contributed by atoms with Crippen LogP contribution in [0.4, 0.5) is 5.82 Å². The predicted molar refractivity (Wildman–Crippen MR) is 106 cm³/mol. The SMILES string of the molecule is CCOC(=O)CC1CCc2cc(OCCCNc3ccccn3)ccc2C1. The first-order chi connectivity index (χ1) is 13.2. The number of aryl methyl sites for hydroxylation is 1. The minimum Gasteiger partial charge on any atom is -0.494 e. The number of esters is 1. The van der Waals surface area contributed by atoms with E-state index < -0.39 is 0 Å². The summed E-state index contributed by atoms with van der Waals surface area (Å²) in [5.41, 5.74) is 2.68. The van der Waals surface area contributed by atoms with Crippen molar-refractivity contribution in [1.29, 1.82) is 0 Å². The molecule has 0 bridgehead atoms. The zero-order chi connectivity index (χ0) is 18.9. The molecule has 0 radical (unpaired) electrons. The molecule has 1 aromatic carbocycles. The summed E-state index contributed by atoms with van der Waals surface area (Å²) in [4.78, 5) is 15.9. The average Bonchev–Trinajstić information content (AvgIpc) is 2.69. The molecule has 0 fully saturated rings. The van der Waals surface area contributed by atoms with Crippen LogP contribution in [0.3, 0.4) is 0 Å². The van der Waals surface area contributed by atoms with Gasteiger partial charge in [-0.15, -0.1) is 0 Å². The van der Waals surface area contributed by atoms with Gasteiger partial charge in [0.25, 0.3) is 0 Å². The Morgan fingerprint density at radius 1 is 1.26 bits per heavy atom. The van der Waals surface area contributed by atoms with Crippen molar-refractivity contribution < 1.29 is 14.3 Å². The molecule has 1 aromatic heterocycles. The normalized spacial score (nSPS) is 15.7. The maximum absolute atomic E-state index is 11.7. The number of rotatable bonds is 9. The summed E-state index contributed by atoms with van der Waals surface area (Å²) in [6.07, 6.45) is 6.19. The van der Waals surface area contributed by atoms with E-state index in [1.807, 2.05) is 31.2 Å². The van der Waals surface area contributed by atoms with E-state index in [0.29, 0.717) is 25.6 Å². The summed E-state index contributed by atoms with van der Waals surface area (Å²) in [7, 11) is 0. The van der Waals surface area contributed by atoms with Gasteiger partial charge in [0, 0.05) is 19.2 Å². The van der Waals surface area contributed by atoms with E-state index in [4.69, 9.17) is 9.47 Å². The Bertz CT molecular complexity index is 734. The van der Waals surface area contributed by atoms with Crippen LogP contribution in [0.5, 0.6) is 5.75 Å². The molecule has 5 heteroatoms. The van der Waals surface area contributed by atoms with Crippen LogP contribution in [0.25, 0.3) is 0 Å². The van der Waals surface area contributed by atoms with Gasteiger partial charge in [0.1, 0.15) is 11.6 Å². The molecule has 2 aromatic rings. The van der Waals surface area contributed by atoms with Gasteiger partial charge in [0.15, 0.2) is 0 Å². The van der Waals surface area contributed by atoms with Crippen LogP contribution in [0, 0.1) is 5.92 Å². The molecule has 1 N–H and O–H groups in total. The predicted octanol–water partition coefficient (Wildman–Crippen LogP) is 4.02. The van der Waals surface area contributed by atoms with Crippen molar-refractivity contribution in [3.8, 4) is 5.75 Å². The Balaban J connectivity index is 1.41. The monoisotopic (exact) mass is 368 g/mol. The Labute approximate surface area is 161 Å². The number of anilines is 1. The molecule has 1 heterocycles. The summed E-state index contributed by atoms with van der Waals surface area (Å²) in [5, 5.41) is 3.28. The Morgan fingerprint density at radius 3 is 3.00 bits per heavy atom. The number of nitrogens with one attached hydrogen (secondary N) is 1. The zero-order valence-electron chi connectivity index (χ0n) is 15.9. The Morgan fingerprint density at radius 2 is 2.19 bits per heavy atom. The standard InChI is InChI=1S/C22H28N2O3/c1-2-26-22(25)15-17-7-8-19-16-20(10-9-18(19)14-17)27-13-5-12-24-21-6-3-4-11-23-21/h3-4,6,9-11,16-17H,2,5,7-8,12-15H2,1H3,(H,23,24). The molecule has 27 heavy (non-hydrogen) atoms. The minimum atomic E-state index is -0.0785. The lowest BCUT2D eigenvalue weighted by atomic mass is 9.82. The summed E-state index contributed by atoms with van der Waals surface area (Å²) in [5.74, 6) is 2.13. The van der Waals surface area contributed by atoms with Gasteiger partial charge in [0.2, 0.25) is 0 Å². The largest absolute Gasteiger partial charge is 0.494 e. The third-order valence-corrected chi connectivity index (χ3v) is 4.83. The van der Waals surface area contributed by atoms with E-state index in [1.54, 1.807) is 6.20 Å². The fraction of sp³-hybridized carbons (Fsp3) is 0.455. The highest BCUT2D eigenvalue weighted by atomic mass is 16.5. The van der Waals surface area contributed by atoms with Crippen LogP contribution < -0.4 is 10.1 Å². The Hall–Kier alpha value is -2.56. The summed E-state index contributed by atoms with van der Waals surface area (Å²) >= 11 is 0. The number of hydrogen-bond acceptors (Lipinski definition) is 5. The third-order valence-electron chi connectivity index (χ3n) is 4.83. The van der Waals surface area contributed by atoms with Crippen molar-refractivity contribution in [3.05, 3.63) is 53.7 Å². The number of benzene rings is 1. The molecular weight excluding hydrogens is 340 g/mol. The van der Waals surface area contributed by atoms with Gasteiger partial charge >= 0.3 is 5.97 Å². The maximum atomic E-state index is 11.7. The molecule has 0 saturated carbocycles. The number of hydrogen-bond donors (Lipinski definition) is 1. The van der Waals surface area contributed by atoms with E-state index in [2.05, 4.69) is 22.4 Å². The van der Waals surface area contributed by atoms with E-state index in [1.165, 1.54) is 11.1 Å². The molecule has 3 rings (SSSR count). The summed E-state index contributed by atoms with van der Waals surface area (Å²) < 4.78 is 11.0. The highest BCUT2D eigenvalue weighted by molar-refractivity contribution is 5.69. The van der Waals surface area contributed by atoms with Crippen LogP contribution in [0.2, 0.25) is 0 Å². The Kier molecular flexibility index (Phi) is 7.08. The van der Waals surface area contributed by atoms with Gasteiger partial charge in [-0.25, -0.2) is 4.98 Å². The number of nitrogens with zero attached hydrogens (tertiary/aromatic N) is 1. The van der Waals surface area contributed by atoms with Gasteiger partial charge in [-0.2, -0.15) is 0 Å². The second-order valence-electron chi connectivity index (χ2n) is 6.89. The van der Waals surface area contributed by atoms with Crippen molar-refractivity contribution >= 4 is 11.8 Å². The molecule has 0 spiro atoms. The van der Waals surface area contributed by atoms with Gasteiger partial charge in [-0.3, -0.25) is 4.79 Å². The van der Waals surface area contributed by atoms with Crippen molar-refractivity contribution in [3.63, 3.8) is 0 Å². The number of aromatic nitrogens is 1. The van der Waals surface area contributed by atoms with Gasteiger partial charge in [-0.05, 0) is 73.9 Å². The average molecular weight is 368 g/mol. The molecule has 1 atom stereocenters. The number of carbonyl (C=O) groups excluding carboxylic acids is 1. The quantitative estimate of drug-likeness (QED) is 0.535. The summed E-state index contributed by atoms with van der Waals surface area (Å²) in [6, 6.07) is 12.2. The van der Waals surface area contributed by atoms with Crippen molar-refractivity contribution in [1.82, 2.24) is 4.98 Å². The van der Waals surface area contributed by atoms with Crippen molar-refractivity contribution in [2.45, 2.75) is 39.0 Å². The summed E-state index contributed by atoms with van der Waals surface area (Å²) in [6.45, 7) is 3.81. The smallest absolute Gasteiger partial charge is 0.306 e. The topological polar surface area (TPSA) is 60.5 Å². The fourth-order valence-electron chi connectivity index (χ4n) is 3.47. The van der Waals surface area contributed by atoms with E-state index >= 15 is 0 Å². The molecule has 0 amide bonds. The minimum absolute atomic E-state index is 0.0785. The first-order valence-corrected chi connectivity index (χ1v) is 9.79. The molecule has 0 saturated heterocycles. The lowest BCUT2D eigenvalue weighted by molar-refractivity contribution is -0.144. The molecule has 1 unspecified atom stereocenters. The van der Waals surface area contributed by atoms with Gasteiger partial charge in [-0.1, -0.05) is 12.1 Å². The highest BCUT2D eigenvalue weighted by Gasteiger charge is 2.22. The van der Waals surface area contributed by atoms with E-state index in [-0.39, 0.29) is 5.97 Å². The van der Waals surface area contributed by atoms with Crippen LogP contribution in [-0.2, 0) is 22.4 Å². The van der Waals surface area contributed by atoms with Crippen molar-refractivity contribution in [2.24, 2.45) is 5.92 Å². The van der Waals surface area contributed by atoms with E-state index in [9.17, 15) is 4.79 Å². The third kappa shape index (κ3) is 5.98. The molecule has 144 valence electrons. The molecule has 1 aliphatic carbocycles. The lowest BCUT2D eigenvalue weighted by Crippen LogP contribution is -2.19. The molecular formula is C22H28N2O3. The number of fused-ring (bicyclic) bond motifs is 1.